The first kappa shape index (κ1) is 16.3. The molecule has 0 aliphatic rings. The number of nitrogens with one attached hydrogen (secondary N) is 1. The molecule has 1 aromatic carbocycles. The molecule has 0 amide bonds. The van der Waals surface area contributed by atoms with Crippen molar-refractivity contribution in [1.82, 2.24) is 10.4 Å². The number of benzene rings is 1. The van der Waals surface area contributed by atoms with Crippen LogP contribution in [0.1, 0.15) is 18.5 Å². The molecule has 2 rings (SSSR count). The predicted molar refractivity (Wildman–Crippen MR) is 90.3 cm³/mol. The molecule has 1 aromatic heterocycles. The third kappa shape index (κ3) is 5.00. The van der Waals surface area contributed by atoms with Crippen molar-refractivity contribution >= 4 is 27.7 Å². The molecular formula is C15H18BrN3OS. The number of pyridine rings is 1. The van der Waals surface area contributed by atoms with E-state index in [0.29, 0.717) is 6.61 Å². The number of ether oxygens (including phenoxy) is 1. The van der Waals surface area contributed by atoms with Gasteiger partial charge >= 0.3 is 0 Å². The number of hydrogen-bond acceptors (Lipinski definition) is 5. The lowest BCUT2D eigenvalue weighted by atomic mass is 10.1. The van der Waals surface area contributed by atoms with Crippen LogP contribution < -0.4 is 16.0 Å². The molecule has 1 heterocycles. The molecule has 0 aliphatic heterocycles. The van der Waals surface area contributed by atoms with E-state index in [0.717, 1.165) is 21.5 Å². The second kappa shape index (κ2) is 8.38. The quantitative estimate of drug-likeness (QED) is 0.445. The molecule has 0 bridgehead atoms. The van der Waals surface area contributed by atoms with Crippen molar-refractivity contribution in [3.05, 3.63) is 52.8 Å². The summed E-state index contributed by atoms with van der Waals surface area (Å²) in [6, 6.07) is 10.2. The molecule has 6 heteroatoms. The van der Waals surface area contributed by atoms with E-state index >= 15 is 0 Å². The van der Waals surface area contributed by atoms with Crippen molar-refractivity contribution in [2.75, 3.05) is 12.4 Å². The van der Waals surface area contributed by atoms with Crippen LogP contribution in [0.4, 0.5) is 0 Å². The largest absolute Gasteiger partial charge is 0.492 e. The van der Waals surface area contributed by atoms with Gasteiger partial charge in [0.2, 0.25) is 0 Å². The summed E-state index contributed by atoms with van der Waals surface area (Å²) in [4.78, 5) is 5.40. The Morgan fingerprint density at radius 3 is 2.95 bits per heavy atom. The Morgan fingerprint density at radius 2 is 2.24 bits per heavy atom. The van der Waals surface area contributed by atoms with Gasteiger partial charge in [0, 0.05) is 21.3 Å². The van der Waals surface area contributed by atoms with Crippen LogP contribution in [0.3, 0.4) is 0 Å². The van der Waals surface area contributed by atoms with E-state index in [1.807, 2.05) is 31.3 Å². The van der Waals surface area contributed by atoms with Crippen molar-refractivity contribution < 1.29 is 4.74 Å². The van der Waals surface area contributed by atoms with Crippen LogP contribution >= 0.6 is 27.7 Å². The van der Waals surface area contributed by atoms with Gasteiger partial charge in [0.1, 0.15) is 5.75 Å². The summed E-state index contributed by atoms with van der Waals surface area (Å²) in [6.45, 7) is 2.58. The minimum atomic E-state index is 0.0156. The summed E-state index contributed by atoms with van der Waals surface area (Å²) >= 11 is 5.22. The first-order valence-electron chi connectivity index (χ1n) is 6.65. The zero-order valence-corrected chi connectivity index (χ0v) is 14.2. The Kier molecular flexibility index (Phi) is 6.50. The minimum absolute atomic E-state index is 0.0156. The average molecular weight is 368 g/mol. The second-order valence-corrected chi connectivity index (χ2v) is 6.38. The summed E-state index contributed by atoms with van der Waals surface area (Å²) in [5.41, 5.74) is 3.86. The molecule has 0 aliphatic carbocycles. The number of rotatable bonds is 7. The molecule has 1 unspecified atom stereocenters. The van der Waals surface area contributed by atoms with E-state index in [9.17, 15) is 0 Å². The zero-order valence-electron chi connectivity index (χ0n) is 11.8. The number of nitrogens with zero attached hydrogens (tertiary/aromatic N) is 1. The van der Waals surface area contributed by atoms with E-state index in [-0.39, 0.29) is 6.04 Å². The van der Waals surface area contributed by atoms with Gasteiger partial charge in [-0.3, -0.25) is 16.3 Å². The standard InChI is InChI=1S/C15H18BrN3OS/c1-2-20-13-6-11(8-18-9-13)15(19-17)10-21-14-5-3-4-12(16)7-14/h3-9,15,19H,2,10,17H2,1H3. The maximum absolute atomic E-state index is 5.68. The number of halogens is 1. The fourth-order valence-corrected chi connectivity index (χ4v) is 3.43. The highest BCUT2D eigenvalue weighted by atomic mass is 79.9. The van der Waals surface area contributed by atoms with Crippen LogP contribution in [-0.2, 0) is 0 Å². The maximum atomic E-state index is 5.68. The summed E-state index contributed by atoms with van der Waals surface area (Å²) in [7, 11) is 0. The number of nitrogens with two attached hydrogens (primary N) is 1. The highest BCUT2D eigenvalue weighted by Gasteiger charge is 2.12. The van der Waals surface area contributed by atoms with Gasteiger partial charge in [-0.15, -0.1) is 11.8 Å². The molecule has 0 saturated carbocycles. The molecule has 3 N–H and O–H groups in total. The van der Waals surface area contributed by atoms with E-state index in [1.165, 1.54) is 4.90 Å². The van der Waals surface area contributed by atoms with Gasteiger partial charge in [0.05, 0.1) is 18.8 Å². The third-order valence-corrected chi connectivity index (χ3v) is 4.44. The highest BCUT2D eigenvalue weighted by Crippen LogP contribution is 2.27. The van der Waals surface area contributed by atoms with Crippen LogP contribution in [0.2, 0.25) is 0 Å². The summed E-state index contributed by atoms with van der Waals surface area (Å²) < 4.78 is 6.55. The van der Waals surface area contributed by atoms with Crippen LogP contribution in [0, 0.1) is 0 Å². The van der Waals surface area contributed by atoms with Crippen molar-refractivity contribution in [3.63, 3.8) is 0 Å². The molecule has 0 radical (unpaired) electrons. The Labute approximate surface area is 137 Å². The number of thioether (sulfide) groups is 1. The first-order valence-corrected chi connectivity index (χ1v) is 8.43. The Balaban J connectivity index is 2.04. The van der Waals surface area contributed by atoms with Gasteiger partial charge in [0.25, 0.3) is 0 Å². The van der Waals surface area contributed by atoms with E-state index in [4.69, 9.17) is 10.6 Å². The number of hydrazine groups is 1. The predicted octanol–water partition coefficient (Wildman–Crippen LogP) is 3.54. The Morgan fingerprint density at radius 1 is 1.38 bits per heavy atom. The highest BCUT2D eigenvalue weighted by molar-refractivity contribution is 9.10. The molecule has 1 atom stereocenters. The number of aromatic nitrogens is 1. The lowest BCUT2D eigenvalue weighted by Gasteiger charge is -2.16. The normalized spacial score (nSPS) is 12.1. The van der Waals surface area contributed by atoms with Gasteiger partial charge in [-0.1, -0.05) is 22.0 Å². The van der Waals surface area contributed by atoms with E-state index in [2.05, 4.69) is 38.5 Å². The molecule has 21 heavy (non-hydrogen) atoms. The molecular weight excluding hydrogens is 350 g/mol. The van der Waals surface area contributed by atoms with E-state index < -0.39 is 0 Å². The topological polar surface area (TPSA) is 60.2 Å². The summed E-state index contributed by atoms with van der Waals surface area (Å²) in [5, 5.41) is 0. The van der Waals surface area contributed by atoms with Crippen LogP contribution in [-0.4, -0.2) is 17.3 Å². The van der Waals surface area contributed by atoms with Crippen LogP contribution in [0.15, 0.2) is 52.1 Å². The van der Waals surface area contributed by atoms with Crippen molar-refractivity contribution in [2.45, 2.75) is 17.9 Å². The zero-order chi connectivity index (χ0) is 15.1. The lowest BCUT2D eigenvalue weighted by Crippen LogP contribution is -2.29. The van der Waals surface area contributed by atoms with Gasteiger partial charge in [-0.2, -0.15) is 0 Å². The monoisotopic (exact) mass is 367 g/mol. The fourth-order valence-electron chi connectivity index (χ4n) is 1.85. The number of hydrogen-bond donors (Lipinski definition) is 2. The second-order valence-electron chi connectivity index (χ2n) is 4.37. The molecule has 4 nitrogen and oxygen atoms in total. The Hall–Kier alpha value is -1.08. The first-order chi connectivity index (χ1) is 10.2. The van der Waals surface area contributed by atoms with Crippen LogP contribution in [0.25, 0.3) is 0 Å². The van der Waals surface area contributed by atoms with Crippen molar-refractivity contribution in [1.29, 1.82) is 0 Å². The van der Waals surface area contributed by atoms with Crippen molar-refractivity contribution in [3.8, 4) is 5.75 Å². The average Bonchev–Trinajstić information content (AvgIpc) is 2.49. The molecule has 0 spiro atoms. The minimum Gasteiger partial charge on any atom is -0.492 e. The summed E-state index contributed by atoms with van der Waals surface area (Å²) in [6.07, 6.45) is 3.52. The third-order valence-electron chi connectivity index (χ3n) is 2.86. The van der Waals surface area contributed by atoms with Gasteiger partial charge in [0.15, 0.2) is 0 Å². The van der Waals surface area contributed by atoms with Crippen molar-refractivity contribution in [2.24, 2.45) is 5.84 Å². The smallest absolute Gasteiger partial charge is 0.137 e. The van der Waals surface area contributed by atoms with Gasteiger partial charge in [-0.25, -0.2) is 0 Å². The lowest BCUT2D eigenvalue weighted by molar-refractivity contribution is 0.338. The van der Waals surface area contributed by atoms with Gasteiger partial charge in [-0.05, 0) is 36.8 Å². The molecule has 0 fully saturated rings. The maximum Gasteiger partial charge on any atom is 0.137 e. The molecule has 112 valence electrons. The fraction of sp³-hybridized carbons (Fsp3) is 0.267. The SMILES string of the molecule is CCOc1cncc(C(CSc2cccc(Br)c2)NN)c1. The summed E-state index contributed by atoms with van der Waals surface area (Å²) in [5.74, 6) is 7.26. The van der Waals surface area contributed by atoms with Crippen LogP contribution in [0.5, 0.6) is 5.75 Å². The Bertz CT molecular complexity index is 582. The van der Waals surface area contributed by atoms with E-state index in [1.54, 1.807) is 18.0 Å². The molecule has 0 saturated heterocycles. The van der Waals surface area contributed by atoms with Gasteiger partial charge < -0.3 is 4.74 Å². The molecule has 2 aromatic rings.